The highest BCUT2D eigenvalue weighted by Gasteiger charge is 1.89. The Kier molecular flexibility index (Phi) is 2.54. The van der Waals surface area contributed by atoms with Gasteiger partial charge in [-0.2, -0.15) is 0 Å². The first-order chi connectivity index (χ1) is 4.33. The Morgan fingerprint density at radius 2 is 2.11 bits per heavy atom. The fraction of sp³-hybridized carbons (Fsp3) is 0. The Morgan fingerprint density at radius 1 is 1.33 bits per heavy atom. The van der Waals surface area contributed by atoms with E-state index in [1.165, 1.54) is 0 Å². The zero-order valence-electron chi connectivity index (χ0n) is 4.47. The molecule has 0 N–H and O–H groups in total. The van der Waals surface area contributed by atoms with E-state index in [-0.39, 0.29) is 0 Å². The van der Waals surface area contributed by atoms with Crippen molar-refractivity contribution in [3.63, 3.8) is 0 Å². The maximum Gasteiger partial charge on any atom is 0.179 e. The SMILES string of the molecule is BrOc1cccc(Br)c1. The number of benzene rings is 1. The number of hydrogen-bond donors (Lipinski definition) is 0. The van der Waals surface area contributed by atoms with Crippen molar-refractivity contribution in [2.24, 2.45) is 0 Å². The summed E-state index contributed by atoms with van der Waals surface area (Å²) in [6.07, 6.45) is 0. The standard InChI is InChI=1S/C6H4Br2O/c7-5-2-1-3-6(4-5)9-8/h1-4H. The van der Waals surface area contributed by atoms with Gasteiger partial charge >= 0.3 is 0 Å². The highest BCUT2D eigenvalue weighted by atomic mass is 79.9. The lowest BCUT2D eigenvalue weighted by Gasteiger charge is -1.94. The van der Waals surface area contributed by atoms with Gasteiger partial charge in [0, 0.05) is 4.47 Å². The molecule has 0 spiro atoms. The molecule has 3 heteroatoms. The van der Waals surface area contributed by atoms with Crippen molar-refractivity contribution in [1.29, 1.82) is 0 Å². The largest absolute Gasteiger partial charge is 0.418 e. The molecular weight excluding hydrogens is 248 g/mol. The quantitative estimate of drug-likeness (QED) is 0.745. The van der Waals surface area contributed by atoms with Crippen molar-refractivity contribution in [3.05, 3.63) is 28.7 Å². The van der Waals surface area contributed by atoms with Crippen LogP contribution >= 0.6 is 32.2 Å². The molecule has 0 aliphatic carbocycles. The van der Waals surface area contributed by atoms with Crippen molar-refractivity contribution in [2.75, 3.05) is 0 Å². The second-order valence-electron chi connectivity index (χ2n) is 1.53. The molecule has 1 aromatic rings. The molecule has 0 amide bonds. The molecule has 0 saturated carbocycles. The van der Waals surface area contributed by atoms with Gasteiger partial charge in [0.15, 0.2) is 16.3 Å². The third kappa shape index (κ3) is 1.99. The first kappa shape index (κ1) is 7.09. The Bertz CT molecular complexity index is 200. The molecule has 0 saturated heterocycles. The van der Waals surface area contributed by atoms with Crippen LogP contribution in [-0.4, -0.2) is 0 Å². The van der Waals surface area contributed by atoms with E-state index in [4.69, 9.17) is 3.83 Å². The van der Waals surface area contributed by atoms with Crippen molar-refractivity contribution >= 4 is 32.2 Å². The zero-order chi connectivity index (χ0) is 6.69. The number of hydrogen-bond acceptors (Lipinski definition) is 1. The fourth-order valence-corrected chi connectivity index (χ4v) is 1.09. The second-order valence-corrected chi connectivity index (χ2v) is 2.77. The molecule has 1 nitrogen and oxygen atoms in total. The van der Waals surface area contributed by atoms with Crippen molar-refractivity contribution in [2.45, 2.75) is 0 Å². The first-order valence-corrected chi connectivity index (χ1v) is 3.81. The first-order valence-electron chi connectivity index (χ1n) is 2.37. The molecule has 0 unspecified atom stereocenters. The molecule has 1 aromatic carbocycles. The van der Waals surface area contributed by atoms with E-state index >= 15 is 0 Å². The summed E-state index contributed by atoms with van der Waals surface area (Å²) in [4.78, 5) is 0. The third-order valence-electron chi connectivity index (χ3n) is 0.885. The molecule has 0 fully saturated rings. The van der Waals surface area contributed by atoms with Crippen LogP contribution in [0.5, 0.6) is 5.75 Å². The summed E-state index contributed by atoms with van der Waals surface area (Å²) in [5.74, 6) is 0.796. The normalized spacial score (nSPS) is 9.11. The second kappa shape index (κ2) is 3.22. The van der Waals surface area contributed by atoms with Crippen LogP contribution in [0.1, 0.15) is 0 Å². The topological polar surface area (TPSA) is 9.23 Å². The van der Waals surface area contributed by atoms with Gasteiger partial charge in [0.2, 0.25) is 0 Å². The van der Waals surface area contributed by atoms with Gasteiger partial charge in [0.1, 0.15) is 5.75 Å². The number of rotatable bonds is 1. The van der Waals surface area contributed by atoms with E-state index in [9.17, 15) is 0 Å². The Labute approximate surface area is 70.6 Å². The van der Waals surface area contributed by atoms with Gasteiger partial charge in [-0.05, 0) is 18.2 Å². The summed E-state index contributed by atoms with van der Waals surface area (Å²) < 4.78 is 5.79. The average molecular weight is 252 g/mol. The number of halogens is 2. The molecule has 0 bridgehead atoms. The molecule has 48 valence electrons. The summed E-state index contributed by atoms with van der Waals surface area (Å²) in [6, 6.07) is 7.57. The summed E-state index contributed by atoms with van der Waals surface area (Å²) >= 11 is 6.17. The average Bonchev–Trinajstić information content (AvgIpc) is 1.88. The molecule has 0 radical (unpaired) electrons. The summed E-state index contributed by atoms with van der Waals surface area (Å²) in [6.45, 7) is 0. The van der Waals surface area contributed by atoms with E-state index in [0.717, 1.165) is 10.2 Å². The zero-order valence-corrected chi connectivity index (χ0v) is 7.65. The minimum atomic E-state index is 0.796. The molecule has 0 aliphatic rings. The maximum absolute atomic E-state index is 4.78. The van der Waals surface area contributed by atoms with Crippen molar-refractivity contribution < 1.29 is 3.83 Å². The summed E-state index contributed by atoms with van der Waals surface area (Å²) in [5, 5.41) is 0. The van der Waals surface area contributed by atoms with Gasteiger partial charge in [-0.25, -0.2) is 0 Å². The molecule has 0 aromatic heterocycles. The van der Waals surface area contributed by atoms with E-state index in [0.29, 0.717) is 0 Å². The van der Waals surface area contributed by atoms with Gasteiger partial charge in [-0.1, -0.05) is 22.0 Å². The molecule has 0 aliphatic heterocycles. The molecule has 1 rings (SSSR count). The minimum Gasteiger partial charge on any atom is -0.418 e. The van der Waals surface area contributed by atoms with Gasteiger partial charge < -0.3 is 3.83 Å². The van der Waals surface area contributed by atoms with Gasteiger partial charge in [-0.15, -0.1) is 0 Å². The Morgan fingerprint density at radius 3 is 2.56 bits per heavy atom. The highest BCUT2D eigenvalue weighted by Crippen LogP contribution is 2.18. The van der Waals surface area contributed by atoms with Gasteiger partial charge in [-0.3, -0.25) is 0 Å². The van der Waals surface area contributed by atoms with Crippen molar-refractivity contribution in [1.82, 2.24) is 0 Å². The van der Waals surface area contributed by atoms with Crippen LogP contribution in [0.25, 0.3) is 0 Å². The Balaban J connectivity index is 2.94. The predicted octanol–water partition coefficient (Wildman–Crippen LogP) is 3.14. The Hall–Kier alpha value is -0.0200. The lowest BCUT2D eigenvalue weighted by Crippen LogP contribution is -1.71. The molecule has 9 heavy (non-hydrogen) atoms. The fourth-order valence-electron chi connectivity index (χ4n) is 0.515. The van der Waals surface area contributed by atoms with Crippen LogP contribution in [0.15, 0.2) is 28.7 Å². The molecule has 0 atom stereocenters. The van der Waals surface area contributed by atoms with Crippen LogP contribution in [-0.2, 0) is 0 Å². The maximum atomic E-state index is 4.78. The molecular formula is C6H4Br2O. The monoisotopic (exact) mass is 250 g/mol. The summed E-state index contributed by atoms with van der Waals surface area (Å²) in [5.41, 5.74) is 0. The summed E-state index contributed by atoms with van der Waals surface area (Å²) in [7, 11) is 0. The van der Waals surface area contributed by atoms with E-state index in [2.05, 4.69) is 32.2 Å². The third-order valence-corrected chi connectivity index (χ3v) is 1.75. The minimum absolute atomic E-state index is 0.796. The lowest BCUT2D eigenvalue weighted by atomic mass is 10.3. The van der Waals surface area contributed by atoms with Crippen LogP contribution in [0.3, 0.4) is 0 Å². The van der Waals surface area contributed by atoms with E-state index in [1.54, 1.807) is 0 Å². The van der Waals surface area contributed by atoms with Crippen LogP contribution in [0.4, 0.5) is 0 Å². The van der Waals surface area contributed by atoms with Crippen LogP contribution in [0, 0.1) is 0 Å². The van der Waals surface area contributed by atoms with Gasteiger partial charge in [0.25, 0.3) is 0 Å². The van der Waals surface area contributed by atoms with Gasteiger partial charge in [0.05, 0.1) is 0 Å². The smallest absolute Gasteiger partial charge is 0.179 e. The molecule has 0 heterocycles. The van der Waals surface area contributed by atoms with Crippen molar-refractivity contribution in [3.8, 4) is 5.75 Å². The van der Waals surface area contributed by atoms with Crippen LogP contribution in [0.2, 0.25) is 0 Å². The van der Waals surface area contributed by atoms with Crippen LogP contribution < -0.4 is 3.83 Å². The lowest BCUT2D eigenvalue weighted by molar-refractivity contribution is 0.678. The van der Waals surface area contributed by atoms with E-state index < -0.39 is 0 Å². The van der Waals surface area contributed by atoms with E-state index in [1.807, 2.05) is 24.3 Å². The highest BCUT2D eigenvalue weighted by molar-refractivity contribution is 9.10. The predicted molar refractivity (Wildman–Crippen MR) is 43.7 cm³/mol.